The van der Waals surface area contributed by atoms with E-state index >= 15 is 0 Å². The van der Waals surface area contributed by atoms with Gasteiger partial charge in [-0.2, -0.15) is 0 Å². The number of rotatable bonds is 6. The molecule has 0 fully saturated rings. The highest BCUT2D eigenvalue weighted by molar-refractivity contribution is 5.85. The summed E-state index contributed by atoms with van der Waals surface area (Å²) in [5, 5.41) is 6.52. The van der Waals surface area contributed by atoms with Gasteiger partial charge in [-0.05, 0) is 13.0 Å². The molecule has 1 aromatic carbocycles. The average molecular weight is 330 g/mol. The van der Waals surface area contributed by atoms with Crippen molar-refractivity contribution in [1.82, 2.24) is 15.5 Å². The second kappa shape index (κ2) is 8.38. The van der Waals surface area contributed by atoms with Crippen molar-refractivity contribution < 1.29 is 9.53 Å². The lowest BCUT2D eigenvalue weighted by molar-refractivity contribution is -0.127. The van der Waals surface area contributed by atoms with Crippen LogP contribution in [0.15, 0.2) is 41.9 Å². The van der Waals surface area contributed by atoms with Gasteiger partial charge >= 0.3 is 0 Å². The van der Waals surface area contributed by atoms with E-state index in [9.17, 15) is 4.79 Å². The maximum atomic E-state index is 11.7. The summed E-state index contributed by atoms with van der Waals surface area (Å²) in [6.07, 6.45) is 1.75. The number of likely N-dealkylation sites (N-methyl/N-ethyl adjacent to an activating group) is 1. The number of aliphatic imine (C=N–C) groups is 1. The average Bonchev–Trinajstić information content (AvgIpc) is 3.00. The summed E-state index contributed by atoms with van der Waals surface area (Å²) in [6, 6.07) is 8.19. The zero-order valence-corrected chi connectivity index (χ0v) is 14.6. The van der Waals surface area contributed by atoms with Crippen molar-refractivity contribution >= 4 is 11.9 Å². The monoisotopic (exact) mass is 330 g/mol. The first-order valence-electron chi connectivity index (χ1n) is 8.10. The Bertz CT molecular complexity index is 613. The van der Waals surface area contributed by atoms with Gasteiger partial charge in [-0.3, -0.25) is 4.79 Å². The van der Waals surface area contributed by atoms with E-state index in [1.54, 1.807) is 20.2 Å². The van der Waals surface area contributed by atoms with E-state index in [0.717, 1.165) is 5.75 Å². The van der Waals surface area contributed by atoms with E-state index < -0.39 is 0 Å². The Morgan fingerprint density at radius 3 is 2.96 bits per heavy atom. The van der Waals surface area contributed by atoms with Crippen molar-refractivity contribution in [3.63, 3.8) is 0 Å². The lowest BCUT2D eigenvalue weighted by Crippen LogP contribution is -2.45. The molecule has 0 radical (unpaired) electrons. The lowest BCUT2D eigenvalue weighted by atomic mass is 9.94. The molecule has 0 aliphatic carbocycles. The number of carbonyl (C=O) groups excluding carboxylic acids is 1. The molecule has 6 nitrogen and oxygen atoms in total. The highest BCUT2D eigenvalue weighted by atomic mass is 16.5. The van der Waals surface area contributed by atoms with Crippen LogP contribution in [0.2, 0.25) is 0 Å². The molecular formula is C18H26N4O2. The van der Waals surface area contributed by atoms with E-state index in [-0.39, 0.29) is 24.4 Å². The van der Waals surface area contributed by atoms with Crippen LogP contribution in [-0.2, 0) is 4.79 Å². The minimum atomic E-state index is -0.0445. The van der Waals surface area contributed by atoms with Gasteiger partial charge in [0.1, 0.15) is 12.3 Å². The number of benzene rings is 1. The maximum absolute atomic E-state index is 11.7. The molecule has 0 saturated carbocycles. The summed E-state index contributed by atoms with van der Waals surface area (Å²) >= 11 is 0. The molecule has 0 aromatic heterocycles. The molecule has 1 aliphatic heterocycles. The van der Waals surface area contributed by atoms with Gasteiger partial charge in [-0.25, -0.2) is 4.99 Å². The van der Waals surface area contributed by atoms with Crippen LogP contribution in [0, 0.1) is 0 Å². The fraction of sp³-hybridized carbons (Fsp3) is 0.444. The molecular weight excluding hydrogens is 304 g/mol. The standard InChI is InChI=1S/C18H26N4O2/c1-5-10-19-18(20-11-17(23)22(3)4)21-13(2)15-12-24-16-9-7-6-8-14(15)16/h5-9,13,15H,1,10-12H2,2-4H3,(H2,19,20,21). The number of para-hydroxylation sites is 1. The van der Waals surface area contributed by atoms with Gasteiger partial charge in [-0.1, -0.05) is 24.3 Å². The van der Waals surface area contributed by atoms with Crippen molar-refractivity contribution in [2.24, 2.45) is 4.99 Å². The third-order valence-electron chi connectivity index (χ3n) is 3.99. The summed E-state index contributed by atoms with van der Waals surface area (Å²) in [6.45, 7) is 7.11. The zero-order valence-electron chi connectivity index (χ0n) is 14.6. The Morgan fingerprint density at radius 1 is 1.50 bits per heavy atom. The van der Waals surface area contributed by atoms with E-state index in [1.165, 1.54) is 10.5 Å². The minimum Gasteiger partial charge on any atom is -0.493 e. The smallest absolute Gasteiger partial charge is 0.243 e. The second-order valence-electron chi connectivity index (χ2n) is 6.01. The third kappa shape index (κ3) is 4.50. The molecule has 2 rings (SSSR count). The van der Waals surface area contributed by atoms with Gasteiger partial charge in [0, 0.05) is 38.2 Å². The molecule has 1 amide bonds. The maximum Gasteiger partial charge on any atom is 0.243 e. The molecule has 0 spiro atoms. The Balaban J connectivity index is 2.04. The molecule has 2 unspecified atom stereocenters. The van der Waals surface area contributed by atoms with E-state index in [4.69, 9.17) is 4.74 Å². The van der Waals surface area contributed by atoms with Crippen LogP contribution in [-0.4, -0.2) is 56.6 Å². The van der Waals surface area contributed by atoms with Crippen LogP contribution >= 0.6 is 0 Å². The summed E-state index contributed by atoms with van der Waals surface area (Å²) in [5.41, 5.74) is 1.20. The zero-order chi connectivity index (χ0) is 17.5. The van der Waals surface area contributed by atoms with Gasteiger partial charge < -0.3 is 20.3 Å². The number of ether oxygens (including phenoxy) is 1. The van der Waals surface area contributed by atoms with E-state index in [2.05, 4.69) is 35.2 Å². The molecule has 6 heteroatoms. The number of nitrogens with one attached hydrogen (secondary N) is 2. The predicted molar refractivity (Wildman–Crippen MR) is 96.5 cm³/mol. The van der Waals surface area contributed by atoms with E-state index in [1.807, 2.05) is 18.2 Å². The molecule has 1 heterocycles. The summed E-state index contributed by atoms with van der Waals surface area (Å²) in [5.74, 6) is 1.73. The predicted octanol–water partition coefficient (Wildman–Crippen LogP) is 1.36. The van der Waals surface area contributed by atoms with Crippen molar-refractivity contribution in [3.8, 4) is 5.75 Å². The molecule has 2 atom stereocenters. The SMILES string of the molecule is C=CCNC(=NCC(=O)N(C)C)NC(C)C1COc2ccccc21. The quantitative estimate of drug-likeness (QED) is 0.470. The Kier molecular flexibility index (Phi) is 6.23. The van der Waals surface area contributed by atoms with Gasteiger partial charge in [0.2, 0.25) is 5.91 Å². The number of guanidine groups is 1. The van der Waals surface area contributed by atoms with Crippen LogP contribution in [0.25, 0.3) is 0 Å². The summed E-state index contributed by atoms with van der Waals surface area (Å²) < 4.78 is 5.75. The van der Waals surface area contributed by atoms with Crippen LogP contribution in [0.1, 0.15) is 18.4 Å². The van der Waals surface area contributed by atoms with Gasteiger partial charge in [0.15, 0.2) is 5.96 Å². The molecule has 130 valence electrons. The van der Waals surface area contributed by atoms with Crippen LogP contribution in [0.4, 0.5) is 0 Å². The minimum absolute atomic E-state index is 0.0445. The Labute approximate surface area is 143 Å². The number of carbonyl (C=O) groups is 1. The summed E-state index contributed by atoms with van der Waals surface area (Å²) in [7, 11) is 3.44. The van der Waals surface area contributed by atoms with Crippen molar-refractivity contribution in [2.45, 2.75) is 18.9 Å². The molecule has 24 heavy (non-hydrogen) atoms. The number of fused-ring (bicyclic) bond motifs is 1. The Morgan fingerprint density at radius 2 is 2.25 bits per heavy atom. The first kappa shape index (κ1) is 17.8. The fourth-order valence-corrected chi connectivity index (χ4v) is 2.53. The third-order valence-corrected chi connectivity index (χ3v) is 3.99. The van der Waals surface area contributed by atoms with Gasteiger partial charge in [0.25, 0.3) is 0 Å². The molecule has 1 aromatic rings. The molecule has 2 N–H and O–H groups in total. The van der Waals surface area contributed by atoms with Crippen LogP contribution < -0.4 is 15.4 Å². The number of nitrogens with zero attached hydrogens (tertiary/aromatic N) is 2. The lowest BCUT2D eigenvalue weighted by Gasteiger charge is -2.22. The second-order valence-corrected chi connectivity index (χ2v) is 6.01. The van der Waals surface area contributed by atoms with Crippen molar-refractivity contribution in [1.29, 1.82) is 0 Å². The first-order valence-corrected chi connectivity index (χ1v) is 8.10. The first-order chi connectivity index (χ1) is 11.5. The highest BCUT2D eigenvalue weighted by Gasteiger charge is 2.29. The fourth-order valence-electron chi connectivity index (χ4n) is 2.53. The van der Waals surface area contributed by atoms with Crippen molar-refractivity contribution in [3.05, 3.63) is 42.5 Å². The normalized spacial score (nSPS) is 17.5. The van der Waals surface area contributed by atoms with Crippen LogP contribution in [0.3, 0.4) is 0 Å². The molecule has 1 aliphatic rings. The number of amides is 1. The summed E-state index contributed by atoms with van der Waals surface area (Å²) in [4.78, 5) is 17.6. The van der Waals surface area contributed by atoms with Gasteiger partial charge in [0.05, 0.1) is 6.61 Å². The number of hydrogen-bond acceptors (Lipinski definition) is 3. The number of hydrogen-bond donors (Lipinski definition) is 2. The van der Waals surface area contributed by atoms with Crippen LogP contribution in [0.5, 0.6) is 5.75 Å². The molecule has 0 saturated heterocycles. The highest BCUT2D eigenvalue weighted by Crippen LogP contribution is 2.35. The largest absolute Gasteiger partial charge is 0.493 e. The Hall–Kier alpha value is -2.50. The van der Waals surface area contributed by atoms with Crippen molar-refractivity contribution in [2.75, 3.05) is 33.8 Å². The molecule has 0 bridgehead atoms. The van der Waals surface area contributed by atoms with E-state index in [0.29, 0.717) is 19.1 Å². The van der Waals surface area contributed by atoms with Gasteiger partial charge in [-0.15, -0.1) is 6.58 Å². The topological polar surface area (TPSA) is 66.0 Å².